The lowest BCUT2D eigenvalue weighted by Gasteiger charge is -2.13. The topological polar surface area (TPSA) is 93.1 Å². The second kappa shape index (κ2) is 9.57. The number of aryl methyl sites for hydroxylation is 2. The average Bonchev–Trinajstić information content (AvgIpc) is 2.73. The molecule has 0 unspecified atom stereocenters. The first-order valence-electron chi connectivity index (χ1n) is 9.82. The van der Waals surface area contributed by atoms with Crippen molar-refractivity contribution in [1.29, 1.82) is 0 Å². The predicted octanol–water partition coefficient (Wildman–Crippen LogP) is 4.17. The van der Waals surface area contributed by atoms with Crippen LogP contribution in [0.4, 0.5) is 11.4 Å². The number of aromatic nitrogens is 2. The Hall–Kier alpha value is -3.45. The molecule has 7 nitrogen and oxygen atoms in total. The monoisotopic (exact) mass is 438 g/mol. The highest BCUT2D eigenvalue weighted by atomic mass is 35.5. The Morgan fingerprint density at radius 3 is 2.29 bits per heavy atom. The van der Waals surface area contributed by atoms with Gasteiger partial charge in [-0.15, -0.1) is 0 Å². The van der Waals surface area contributed by atoms with Crippen molar-refractivity contribution in [3.05, 3.63) is 75.0 Å². The van der Waals surface area contributed by atoms with Gasteiger partial charge in [-0.25, -0.2) is 4.68 Å². The zero-order chi connectivity index (χ0) is 22.5. The maximum absolute atomic E-state index is 12.8. The van der Waals surface area contributed by atoms with E-state index in [0.29, 0.717) is 22.0 Å². The Morgan fingerprint density at radius 1 is 0.968 bits per heavy atom. The van der Waals surface area contributed by atoms with Gasteiger partial charge in [0.05, 0.1) is 5.69 Å². The van der Waals surface area contributed by atoms with Crippen LogP contribution in [0, 0.1) is 13.8 Å². The molecule has 0 saturated carbocycles. The summed E-state index contributed by atoms with van der Waals surface area (Å²) < 4.78 is 1.05. The summed E-state index contributed by atoms with van der Waals surface area (Å²) in [6.45, 7) is 5.25. The van der Waals surface area contributed by atoms with Crippen molar-refractivity contribution in [1.82, 2.24) is 9.78 Å². The van der Waals surface area contributed by atoms with Crippen LogP contribution in [0.2, 0.25) is 5.02 Å². The van der Waals surface area contributed by atoms with Crippen LogP contribution < -0.4 is 16.2 Å². The fraction of sp³-hybridized carbons (Fsp3) is 0.217. The molecule has 1 heterocycles. The fourth-order valence-electron chi connectivity index (χ4n) is 3.02. The molecule has 0 atom stereocenters. The van der Waals surface area contributed by atoms with Gasteiger partial charge in [0, 0.05) is 22.7 Å². The summed E-state index contributed by atoms with van der Waals surface area (Å²) in [5.74, 6) is -0.709. The predicted molar refractivity (Wildman–Crippen MR) is 122 cm³/mol. The van der Waals surface area contributed by atoms with Gasteiger partial charge in [0.15, 0.2) is 0 Å². The smallest absolute Gasteiger partial charge is 0.291 e. The SMILES string of the molecule is CCC(=O)Nc1cc(-c2ccc(Cl)cc2)nn(CC(=O)Nc2ccc(C)cc2C)c1=O. The zero-order valence-electron chi connectivity index (χ0n) is 17.5. The first-order valence-corrected chi connectivity index (χ1v) is 10.2. The van der Waals surface area contributed by atoms with Crippen LogP contribution in [0.25, 0.3) is 11.3 Å². The van der Waals surface area contributed by atoms with E-state index in [2.05, 4.69) is 15.7 Å². The number of carbonyl (C=O) groups is 2. The maximum atomic E-state index is 12.8. The average molecular weight is 439 g/mol. The van der Waals surface area contributed by atoms with Crippen LogP contribution in [0.15, 0.2) is 53.3 Å². The fourth-order valence-corrected chi connectivity index (χ4v) is 3.14. The number of carbonyl (C=O) groups excluding carboxylic acids is 2. The highest BCUT2D eigenvalue weighted by Gasteiger charge is 2.15. The maximum Gasteiger partial charge on any atom is 0.291 e. The summed E-state index contributed by atoms with van der Waals surface area (Å²) in [4.78, 5) is 37.4. The molecule has 0 saturated heterocycles. The van der Waals surface area contributed by atoms with Crippen LogP contribution in [0.1, 0.15) is 24.5 Å². The quantitative estimate of drug-likeness (QED) is 0.604. The van der Waals surface area contributed by atoms with Crippen molar-refractivity contribution >= 4 is 34.8 Å². The molecule has 0 bridgehead atoms. The van der Waals surface area contributed by atoms with Crippen LogP contribution in [-0.2, 0) is 16.1 Å². The number of hydrogen-bond donors (Lipinski definition) is 2. The minimum Gasteiger partial charge on any atom is -0.324 e. The van der Waals surface area contributed by atoms with Gasteiger partial charge in [-0.3, -0.25) is 14.4 Å². The summed E-state index contributed by atoms with van der Waals surface area (Å²) in [7, 11) is 0. The van der Waals surface area contributed by atoms with E-state index in [1.54, 1.807) is 31.2 Å². The molecule has 0 fully saturated rings. The second-order valence-electron chi connectivity index (χ2n) is 7.18. The van der Waals surface area contributed by atoms with Crippen LogP contribution in [0.3, 0.4) is 0 Å². The molecule has 1 aromatic heterocycles. The van der Waals surface area contributed by atoms with Gasteiger partial charge in [-0.2, -0.15) is 5.10 Å². The van der Waals surface area contributed by atoms with E-state index < -0.39 is 11.5 Å². The largest absolute Gasteiger partial charge is 0.324 e. The van der Waals surface area contributed by atoms with Crippen molar-refractivity contribution in [2.24, 2.45) is 0 Å². The van der Waals surface area contributed by atoms with Gasteiger partial charge in [0.2, 0.25) is 11.8 Å². The lowest BCUT2D eigenvalue weighted by molar-refractivity contribution is -0.117. The number of anilines is 2. The lowest BCUT2D eigenvalue weighted by Crippen LogP contribution is -2.32. The van der Waals surface area contributed by atoms with E-state index in [0.717, 1.165) is 15.8 Å². The standard InChI is InChI=1S/C23H23ClN4O3/c1-4-21(29)26-20-12-19(16-6-8-17(24)9-7-16)27-28(23(20)31)13-22(30)25-18-10-5-14(2)11-15(18)3/h5-12H,4,13H2,1-3H3,(H,25,30)(H,26,29). The molecule has 0 radical (unpaired) electrons. The number of benzene rings is 2. The first-order chi connectivity index (χ1) is 14.8. The Kier molecular flexibility index (Phi) is 6.87. The van der Waals surface area contributed by atoms with Gasteiger partial charge in [0.25, 0.3) is 5.56 Å². The summed E-state index contributed by atoms with van der Waals surface area (Å²) in [5.41, 5.74) is 3.29. The van der Waals surface area contributed by atoms with Gasteiger partial charge in [0.1, 0.15) is 12.2 Å². The molecule has 2 aromatic carbocycles. The van der Waals surface area contributed by atoms with E-state index in [9.17, 15) is 14.4 Å². The number of amides is 2. The molecule has 0 spiro atoms. The molecule has 2 amide bonds. The highest BCUT2D eigenvalue weighted by Crippen LogP contribution is 2.21. The Bertz CT molecular complexity index is 1190. The van der Waals surface area contributed by atoms with Crippen LogP contribution in [-0.4, -0.2) is 21.6 Å². The third-order valence-corrected chi connectivity index (χ3v) is 4.91. The highest BCUT2D eigenvalue weighted by molar-refractivity contribution is 6.30. The minimum absolute atomic E-state index is 0.0612. The molecule has 31 heavy (non-hydrogen) atoms. The van der Waals surface area contributed by atoms with E-state index in [-0.39, 0.29) is 24.6 Å². The molecule has 0 aliphatic carbocycles. The second-order valence-corrected chi connectivity index (χ2v) is 7.62. The summed E-state index contributed by atoms with van der Waals surface area (Å²) in [5, 5.41) is 10.3. The number of nitrogens with one attached hydrogen (secondary N) is 2. The Morgan fingerprint density at radius 2 is 1.65 bits per heavy atom. The third kappa shape index (κ3) is 5.58. The molecule has 0 aliphatic rings. The van der Waals surface area contributed by atoms with E-state index in [4.69, 9.17) is 11.6 Å². The number of rotatable bonds is 6. The van der Waals surface area contributed by atoms with E-state index in [1.807, 2.05) is 32.0 Å². The summed E-state index contributed by atoms with van der Waals surface area (Å²) in [6, 6.07) is 14.1. The van der Waals surface area contributed by atoms with Gasteiger partial charge in [-0.05, 0) is 43.7 Å². The molecule has 160 valence electrons. The van der Waals surface area contributed by atoms with Crippen molar-refractivity contribution in [2.75, 3.05) is 10.6 Å². The molecular formula is C23H23ClN4O3. The molecule has 0 aliphatic heterocycles. The van der Waals surface area contributed by atoms with Gasteiger partial charge >= 0.3 is 0 Å². The number of halogens is 1. The summed E-state index contributed by atoms with van der Waals surface area (Å²) in [6.07, 6.45) is 0.214. The Balaban J connectivity index is 1.95. The van der Waals surface area contributed by atoms with Gasteiger partial charge in [-0.1, -0.05) is 48.4 Å². The molecular weight excluding hydrogens is 416 g/mol. The number of hydrogen-bond acceptors (Lipinski definition) is 4. The van der Waals surface area contributed by atoms with Crippen molar-refractivity contribution < 1.29 is 9.59 Å². The van der Waals surface area contributed by atoms with E-state index in [1.165, 1.54) is 6.07 Å². The molecule has 3 rings (SSSR count). The van der Waals surface area contributed by atoms with Crippen LogP contribution in [0.5, 0.6) is 0 Å². The Labute approximate surface area is 185 Å². The lowest BCUT2D eigenvalue weighted by atomic mass is 10.1. The summed E-state index contributed by atoms with van der Waals surface area (Å²) >= 11 is 5.96. The van der Waals surface area contributed by atoms with Crippen molar-refractivity contribution in [2.45, 2.75) is 33.7 Å². The van der Waals surface area contributed by atoms with Crippen LogP contribution >= 0.6 is 11.6 Å². The third-order valence-electron chi connectivity index (χ3n) is 4.66. The minimum atomic E-state index is -0.560. The van der Waals surface area contributed by atoms with E-state index >= 15 is 0 Å². The van der Waals surface area contributed by atoms with Crippen molar-refractivity contribution in [3.63, 3.8) is 0 Å². The molecule has 3 aromatic rings. The van der Waals surface area contributed by atoms with Crippen molar-refractivity contribution in [3.8, 4) is 11.3 Å². The molecule has 2 N–H and O–H groups in total. The normalized spacial score (nSPS) is 10.6. The first kappa shape index (κ1) is 22.2. The number of nitrogens with zero attached hydrogens (tertiary/aromatic N) is 2. The molecule has 8 heteroatoms. The zero-order valence-corrected chi connectivity index (χ0v) is 18.3. The van der Waals surface area contributed by atoms with Gasteiger partial charge < -0.3 is 10.6 Å².